The number of hydrogen-bond donors (Lipinski definition) is 1. The van der Waals surface area contributed by atoms with Gasteiger partial charge in [0.1, 0.15) is 5.75 Å². The topological polar surface area (TPSA) is 24.5 Å². The number of benzene rings is 1. The molecule has 0 saturated carbocycles. The summed E-state index contributed by atoms with van der Waals surface area (Å²) in [6.07, 6.45) is 5.00. The molecule has 0 aliphatic heterocycles. The third kappa shape index (κ3) is 8.40. The van der Waals surface area contributed by atoms with E-state index in [1.807, 2.05) is 0 Å². The van der Waals surface area contributed by atoms with Crippen molar-refractivity contribution in [3.8, 4) is 5.75 Å². The molecule has 0 unspecified atom stereocenters. The third-order valence-corrected chi connectivity index (χ3v) is 4.02. The summed E-state index contributed by atoms with van der Waals surface area (Å²) in [7, 11) is 0. The summed E-state index contributed by atoms with van der Waals surface area (Å²) in [5.74, 6) is 0.989. The van der Waals surface area contributed by atoms with Gasteiger partial charge in [-0.1, -0.05) is 52.2 Å². The molecule has 1 N–H and O–H groups in total. The lowest BCUT2D eigenvalue weighted by Crippen LogP contribution is -2.31. The first-order chi connectivity index (χ1) is 10.8. The summed E-state index contributed by atoms with van der Waals surface area (Å²) < 4.78 is 5.77. The van der Waals surface area contributed by atoms with Gasteiger partial charge in [0.25, 0.3) is 0 Å². The van der Waals surface area contributed by atoms with Gasteiger partial charge in [0.2, 0.25) is 0 Å². The van der Waals surface area contributed by atoms with Crippen LogP contribution in [0.4, 0.5) is 0 Å². The van der Waals surface area contributed by atoms with Crippen LogP contribution in [-0.2, 0) is 6.54 Å². The van der Waals surface area contributed by atoms with Gasteiger partial charge in [-0.25, -0.2) is 0 Å². The first-order valence-corrected chi connectivity index (χ1v) is 8.94. The molecule has 0 aromatic heterocycles. The zero-order valence-corrected chi connectivity index (χ0v) is 14.7. The molecule has 0 fully saturated rings. The molecular formula is C19H34N2O. The van der Waals surface area contributed by atoms with Crippen LogP contribution in [0, 0.1) is 0 Å². The highest BCUT2D eigenvalue weighted by molar-refractivity contribution is 5.27. The fourth-order valence-electron chi connectivity index (χ4n) is 2.43. The average molecular weight is 306 g/mol. The molecule has 0 radical (unpaired) electrons. The van der Waals surface area contributed by atoms with Crippen LogP contribution in [0.2, 0.25) is 0 Å². The summed E-state index contributed by atoms with van der Waals surface area (Å²) in [5, 5.41) is 3.50. The molecule has 126 valence electrons. The monoisotopic (exact) mass is 306 g/mol. The van der Waals surface area contributed by atoms with Gasteiger partial charge < -0.3 is 15.0 Å². The van der Waals surface area contributed by atoms with Crippen LogP contribution < -0.4 is 10.1 Å². The minimum Gasteiger partial charge on any atom is -0.494 e. The van der Waals surface area contributed by atoms with E-state index >= 15 is 0 Å². The maximum absolute atomic E-state index is 5.77. The van der Waals surface area contributed by atoms with Crippen molar-refractivity contribution in [1.29, 1.82) is 0 Å². The van der Waals surface area contributed by atoms with Crippen molar-refractivity contribution in [1.82, 2.24) is 10.2 Å². The minimum atomic E-state index is 0.835. The van der Waals surface area contributed by atoms with Gasteiger partial charge in [-0.05, 0) is 37.2 Å². The Balaban J connectivity index is 2.16. The maximum Gasteiger partial charge on any atom is 0.119 e. The number of rotatable bonds is 13. The lowest BCUT2D eigenvalue weighted by atomic mass is 10.2. The van der Waals surface area contributed by atoms with Crippen LogP contribution in [0.25, 0.3) is 0 Å². The molecule has 1 aromatic rings. The molecule has 3 nitrogen and oxygen atoms in total. The Labute approximate surface area is 137 Å². The van der Waals surface area contributed by atoms with Crippen LogP contribution in [0.15, 0.2) is 24.3 Å². The Hall–Kier alpha value is -1.06. The van der Waals surface area contributed by atoms with E-state index in [2.05, 4.69) is 55.3 Å². The molecule has 1 rings (SSSR count). The van der Waals surface area contributed by atoms with Gasteiger partial charge in [0.05, 0.1) is 6.61 Å². The second kappa shape index (κ2) is 12.5. The summed E-state index contributed by atoms with van der Waals surface area (Å²) in [6, 6.07) is 8.49. The van der Waals surface area contributed by atoms with Crippen molar-refractivity contribution < 1.29 is 4.74 Å². The summed E-state index contributed by atoms with van der Waals surface area (Å²) >= 11 is 0. The first-order valence-electron chi connectivity index (χ1n) is 8.94. The molecule has 3 heteroatoms. The Kier molecular flexibility index (Phi) is 10.8. The highest BCUT2D eigenvalue weighted by Gasteiger charge is 1.99. The lowest BCUT2D eigenvalue weighted by molar-refractivity contribution is 0.302. The molecule has 1 aromatic carbocycles. The fraction of sp³-hybridized carbons (Fsp3) is 0.684. The molecule has 0 aliphatic carbocycles. The van der Waals surface area contributed by atoms with E-state index in [1.54, 1.807) is 0 Å². The molecule has 0 atom stereocenters. The molecule has 0 amide bonds. The normalized spacial score (nSPS) is 11.1. The van der Waals surface area contributed by atoms with E-state index in [9.17, 15) is 0 Å². The van der Waals surface area contributed by atoms with E-state index in [0.717, 1.165) is 51.5 Å². The molecule has 0 spiro atoms. The second-order valence-electron chi connectivity index (χ2n) is 5.76. The van der Waals surface area contributed by atoms with E-state index < -0.39 is 0 Å². The van der Waals surface area contributed by atoms with E-state index in [4.69, 9.17) is 4.74 Å². The zero-order valence-electron chi connectivity index (χ0n) is 14.7. The first kappa shape index (κ1) is 19.0. The van der Waals surface area contributed by atoms with Crippen molar-refractivity contribution in [3.63, 3.8) is 0 Å². The van der Waals surface area contributed by atoms with Gasteiger partial charge in [0, 0.05) is 19.6 Å². The van der Waals surface area contributed by atoms with Crippen LogP contribution in [0.3, 0.4) is 0 Å². The van der Waals surface area contributed by atoms with Crippen molar-refractivity contribution in [2.45, 2.75) is 53.0 Å². The number of unbranched alkanes of at least 4 members (excludes halogenated alkanes) is 3. The standard InChI is InChI=1S/C19H34N2O/c1-4-7-8-9-16-22-19-12-10-18(11-13-19)17-20-14-15-21(5-2)6-3/h10-13,20H,4-9,14-17H2,1-3H3. The lowest BCUT2D eigenvalue weighted by Gasteiger charge is -2.18. The molecule has 0 saturated heterocycles. The largest absolute Gasteiger partial charge is 0.494 e. The second-order valence-corrected chi connectivity index (χ2v) is 5.76. The highest BCUT2D eigenvalue weighted by Crippen LogP contribution is 2.13. The predicted molar refractivity (Wildman–Crippen MR) is 95.6 cm³/mol. The van der Waals surface area contributed by atoms with Gasteiger partial charge >= 0.3 is 0 Å². The van der Waals surface area contributed by atoms with Gasteiger partial charge in [-0.2, -0.15) is 0 Å². The van der Waals surface area contributed by atoms with Crippen molar-refractivity contribution in [2.24, 2.45) is 0 Å². The van der Waals surface area contributed by atoms with Crippen LogP contribution in [0.1, 0.15) is 52.0 Å². The van der Waals surface area contributed by atoms with Crippen molar-refractivity contribution in [2.75, 3.05) is 32.8 Å². The summed E-state index contributed by atoms with van der Waals surface area (Å²) in [6.45, 7) is 12.8. The van der Waals surface area contributed by atoms with E-state index in [-0.39, 0.29) is 0 Å². The zero-order chi connectivity index (χ0) is 16.0. The third-order valence-electron chi connectivity index (χ3n) is 4.02. The number of nitrogens with one attached hydrogen (secondary N) is 1. The molecule has 0 heterocycles. The Morgan fingerprint density at radius 1 is 0.955 bits per heavy atom. The van der Waals surface area contributed by atoms with Gasteiger partial charge in [-0.3, -0.25) is 0 Å². The van der Waals surface area contributed by atoms with Crippen LogP contribution in [-0.4, -0.2) is 37.7 Å². The number of likely N-dealkylation sites (N-methyl/N-ethyl adjacent to an activating group) is 1. The average Bonchev–Trinajstić information content (AvgIpc) is 2.56. The van der Waals surface area contributed by atoms with E-state index in [1.165, 1.54) is 24.8 Å². The SMILES string of the molecule is CCCCCCOc1ccc(CNCCN(CC)CC)cc1. The van der Waals surface area contributed by atoms with Crippen molar-refractivity contribution in [3.05, 3.63) is 29.8 Å². The number of hydrogen-bond acceptors (Lipinski definition) is 3. The van der Waals surface area contributed by atoms with E-state index in [0.29, 0.717) is 0 Å². The highest BCUT2D eigenvalue weighted by atomic mass is 16.5. The Bertz CT molecular complexity index is 360. The van der Waals surface area contributed by atoms with Gasteiger partial charge in [-0.15, -0.1) is 0 Å². The number of ether oxygens (including phenoxy) is 1. The van der Waals surface area contributed by atoms with Crippen LogP contribution >= 0.6 is 0 Å². The van der Waals surface area contributed by atoms with Gasteiger partial charge in [0.15, 0.2) is 0 Å². The predicted octanol–water partition coefficient (Wildman–Crippen LogP) is 4.08. The summed E-state index contributed by atoms with van der Waals surface area (Å²) in [4.78, 5) is 2.43. The fourth-order valence-corrected chi connectivity index (χ4v) is 2.43. The Morgan fingerprint density at radius 3 is 2.32 bits per heavy atom. The Morgan fingerprint density at radius 2 is 1.68 bits per heavy atom. The molecular weight excluding hydrogens is 272 g/mol. The molecule has 22 heavy (non-hydrogen) atoms. The summed E-state index contributed by atoms with van der Waals surface area (Å²) in [5.41, 5.74) is 1.32. The maximum atomic E-state index is 5.77. The van der Waals surface area contributed by atoms with Crippen LogP contribution in [0.5, 0.6) is 5.75 Å². The number of nitrogens with zero attached hydrogens (tertiary/aromatic N) is 1. The molecule has 0 bridgehead atoms. The minimum absolute atomic E-state index is 0.835. The molecule has 0 aliphatic rings. The quantitative estimate of drug-likeness (QED) is 0.556. The van der Waals surface area contributed by atoms with Crippen molar-refractivity contribution >= 4 is 0 Å². The smallest absolute Gasteiger partial charge is 0.119 e.